The molecule has 0 unspecified atom stereocenters. The number of aromatic nitrogens is 2. The lowest BCUT2D eigenvalue weighted by atomic mass is 9.99. The lowest BCUT2D eigenvalue weighted by molar-refractivity contribution is 0.102. The summed E-state index contributed by atoms with van der Waals surface area (Å²) in [5, 5.41) is 4.03. The topological polar surface area (TPSA) is 67.3 Å². The molecule has 3 aromatic rings. The minimum Gasteiger partial charge on any atom is -0.495 e. The van der Waals surface area contributed by atoms with Crippen LogP contribution in [0.15, 0.2) is 18.2 Å². The summed E-state index contributed by atoms with van der Waals surface area (Å²) in [6.07, 6.45) is 2.32. The molecule has 1 aliphatic heterocycles. The summed E-state index contributed by atoms with van der Waals surface area (Å²) in [5.41, 5.74) is 2.67. The number of thiophene rings is 1. The van der Waals surface area contributed by atoms with E-state index in [0.29, 0.717) is 16.3 Å². The fraction of sp³-hybridized carbons (Fsp3) is 0.435. The molecule has 158 valence electrons. The predicted molar refractivity (Wildman–Crippen MR) is 123 cm³/mol. The van der Waals surface area contributed by atoms with Gasteiger partial charge >= 0.3 is 0 Å². The van der Waals surface area contributed by atoms with Crippen LogP contribution in [0.4, 0.5) is 11.5 Å². The average Bonchev–Trinajstić information content (AvgIpc) is 3.04. The first-order chi connectivity index (χ1) is 14.4. The van der Waals surface area contributed by atoms with Crippen molar-refractivity contribution >= 4 is 39.0 Å². The van der Waals surface area contributed by atoms with E-state index in [1.807, 2.05) is 39.0 Å². The Bertz CT molecular complexity index is 1100. The zero-order valence-corrected chi connectivity index (χ0v) is 19.0. The van der Waals surface area contributed by atoms with Crippen LogP contribution in [0.5, 0.6) is 5.75 Å². The Kier molecular flexibility index (Phi) is 5.64. The number of nitrogens with one attached hydrogen (secondary N) is 1. The van der Waals surface area contributed by atoms with Crippen LogP contribution in [0.1, 0.15) is 46.4 Å². The highest BCUT2D eigenvalue weighted by Gasteiger charge is 2.25. The van der Waals surface area contributed by atoms with E-state index in [1.54, 1.807) is 7.11 Å². The van der Waals surface area contributed by atoms with Crippen LogP contribution >= 0.6 is 11.3 Å². The lowest BCUT2D eigenvalue weighted by Crippen LogP contribution is -2.33. The van der Waals surface area contributed by atoms with Gasteiger partial charge in [-0.3, -0.25) is 4.79 Å². The standard InChI is InChI=1S/C23H28N4O2S/c1-13-8-10-27(11-9-13)21-19-15(3)20(30-23(19)25-16(4)24-21)22(28)26-17-12-14(2)6-7-18(17)29-5/h6-7,12-13H,8-11H2,1-5H3,(H,26,28). The van der Waals surface area contributed by atoms with Gasteiger partial charge in [-0.1, -0.05) is 13.0 Å². The van der Waals surface area contributed by atoms with Crippen LogP contribution < -0.4 is 15.0 Å². The van der Waals surface area contributed by atoms with Gasteiger partial charge in [0.1, 0.15) is 22.2 Å². The second kappa shape index (κ2) is 8.22. The first-order valence-electron chi connectivity index (χ1n) is 10.4. The van der Waals surface area contributed by atoms with Crippen molar-refractivity contribution in [1.82, 2.24) is 9.97 Å². The Morgan fingerprint density at radius 2 is 1.93 bits per heavy atom. The van der Waals surface area contributed by atoms with E-state index < -0.39 is 0 Å². The second-order valence-corrected chi connectivity index (χ2v) is 9.16. The van der Waals surface area contributed by atoms with Crippen LogP contribution in [-0.2, 0) is 0 Å². The van der Waals surface area contributed by atoms with Crippen molar-refractivity contribution in [3.05, 3.63) is 40.0 Å². The molecular weight excluding hydrogens is 396 g/mol. The van der Waals surface area contributed by atoms with Crippen molar-refractivity contribution in [2.45, 2.75) is 40.5 Å². The van der Waals surface area contributed by atoms with Gasteiger partial charge in [-0.2, -0.15) is 0 Å². The number of hydrogen-bond acceptors (Lipinski definition) is 6. The monoisotopic (exact) mass is 424 g/mol. The summed E-state index contributed by atoms with van der Waals surface area (Å²) < 4.78 is 5.41. The largest absolute Gasteiger partial charge is 0.495 e. The fourth-order valence-electron chi connectivity index (χ4n) is 3.99. The Morgan fingerprint density at radius 1 is 1.20 bits per heavy atom. The first-order valence-corrected chi connectivity index (χ1v) is 11.2. The molecule has 0 spiro atoms. The summed E-state index contributed by atoms with van der Waals surface area (Å²) >= 11 is 1.43. The third-order valence-corrected chi connectivity index (χ3v) is 6.96. The number of anilines is 2. The molecule has 0 aliphatic carbocycles. The quantitative estimate of drug-likeness (QED) is 0.630. The number of ether oxygens (including phenoxy) is 1. The zero-order valence-electron chi connectivity index (χ0n) is 18.2. The number of fused-ring (bicyclic) bond motifs is 1. The Hall–Kier alpha value is -2.67. The molecule has 30 heavy (non-hydrogen) atoms. The van der Waals surface area contributed by atoms with Gasteiger partial charge in [0.25, 0.3) is 5.91 Å². The number of amides is 1. The van der Waals surface area contributed by atoms with Crippen molar-refractivity contribution in [2.24, 2.45) is 5.92 Å². The van der Waals surface area contributed by atoms with Gasteiger partial charge in [0.2, 0.25) is 0 Å². The smallest absolute Gasteiger partial charge is 0.266 e. The van der Waals surface area contributed by atoms with E-state index in [0.717, 1.165) is 64.8 Å². The van der Waals surface area contributed by atoms with Crippen molar-refractivity contribution in [3.8, 4) is 5.75 Å². The molecule has 1 saturated heterocycles. The van der Waals surface area contributed by atoms with Gasteiger partial charge in [-0.25, -0.2) is 9.97 Å². The molecule has 0 bridgehead atoms. The van der Waals surface area contributed by atoms with Gasteiger partial charge in [0, 0.05) is 13.1 Å². The number of piperidine rings is 1. The van der Waals surface area contributed by atoms with Gasteiger partial charge in [-0.05, 0) is 62.8 Å². The summed E-state index contributed by atoms with van der Waals surface area (Å²) in [4.78, 5) is 26.5. The molecule has 7 heteroatoms. The number of rotatable bonds is 4. The Morgan fingerprint density at radius 3 is 2.63 bits per heavy atom. The van der Waals surface area contributed by atoms with E-state index in [4.69, 9.17) is 9.72 Å². The summed E-state index contributed by atoms with van der Waals surface area (Å²) in [7, 11) is 1.61. The Balaban J connectivity index is 1.72. The highest BCUT2D eigenvalue weighted by Crippen LogP contribution is 2.37. The molecule has 0 saturated carbocycles. The normalized spacial score (nSPS) is 14.9. The molecule has 1 fully saturated rings. The molecule has 1 aliphatic rings. The number of benzene rings is 1. The van der Waals surface area contributed by atoms with Crippen molar-refractivity contribution in [3.63, 3.8) is 0 Å². The number of aryl methyl sites for hydroxylation is 3. The highest BCUT2D eigenvalue weighted by atomic mass is 32.1. The van der Waals surface area contributed by atoms with Crippen molar-refractivity contribution in [1.29, 1.82) is 0 Å². The maximum atomic E-state index is 13.2. The van der Waals surface area contributed by atoms with E-state index >= 15 is 0 Å². The Labute approximate surface area is 181 Å². The molecule has 3 heterocycles. The number of carbonyl (C=O) groups excluding carboxylic acids is 1. The van der Waals surface area contributed by atoms with Crippen LogP contribution in [0.2, 0.25) is 0 Å². The zero-order chi connectivity index (χ0) is 21.4. The van der Waals surface area contributed by atoms with Gasteiger partial charge < -0.3 is 15.0 Å². The fourth-order valence-corrected chi connectivity index (χ4v) is 5.10. The van der Waals surface area contributed by atoms with Crippen LogP contribution in [0, 0.1) is 26.7 Å². The lowest BCUT2D eigenvalue weighted by Gasteiger charge is -2.31. The SMILES string of the molecule is COc1ccc(C)cc1NC(=O)c1sc2nc(C)nc(N3CCC(C)CC3)c2c1C. The number of hydrogen-bond donors (Lipinski definition) is 1. The highest BCUT2D eigenvalue weighted by molar-refractivity contribution is 7.20. The third-order valence-electron chi connectivity index (χ3n) is 5.78. The van der Waals surface area contributed by atoms with Gasteiger partial charge in [-0.15, -0.1) is 11.3 Å². The minimum atomic E-state index is -0.143. The van der Waals surface area contributed by atoms with Crippen LogP contribution in [0.3, 0.4) is 0 Å². The molecule has 1 amide bonds. The number of carbonyl (C=O) groups is 1. The van der Waals surface area contributed by atoms with Crippen molar-refractivity contribution in [2.75, 3.05) is 30.4 Å². The molecule has 1 aromatic carbocycles. The van der Waals surface area contributed by atoms with Crippen LogP contribution in [0.25, 0.3) is 10.2 Å². The summed E-state index contributed by atoms with van der Waals surface area (Å²) in [5.74, 6) is 2.95. The van der Waals surface area contributed by atoms with Crippen molar-refractivity contribution < 1.29 is 9.53 Å². The average molecular weight is 425 g/mol. The van der Waals surface area contributed by atoms with E-state index in [2.05, 4.69) is 22.1 Å². The van der Waals surface area contributed by atoms with E-state index in [-0.39, 0.29) is 5.91 Å². The summed E-state index contributed by atoms with van der Waals surface area (Å²) in [6.45, 7) is 10.2. The summed E-state index contributed by atoms with van der Waals surface area (Å²) in [6, 6.07) is 5.75. The first kappa shape index (κ1) is 20.6. The molecular formula is C23H28N4O2S. The molecule has 6 nitrogen and oxygen atoms in total. The molecule has 0 atom stereocenters. The third kappa shape index (κ3) is 3.86. The maximum absolute atomic E-state index is 13.2. The van der Waals surface area contributed by atoms with E-state index in [1.165, 1.54) is 11.3 Å². The van der Waals surface area contributed by atoms with Crippen LogP contribution in [-0.4, -0.2) is 36.1 Å². The molecule has 0 radical (unpaired) electrons. The maximum Gasteiger partial charge on any atom is 0.266 e. The van der Waals surface area contributed by atoms with E-state index in [9.17, 15) is 4.79 Å². The number of nitrogens with zero attached hydrogens (tertiary/aromatic N) is 3. The molecule has 1 N–H and O–H groups in total. The molecule has 2 aromatic heterocycles. The predicted octanol–water partition coefficient (Wildman–Crippen LogP) is 5.11. The molecule has 4 rings (SSSR count). The number of methoxy groups -OCH3 is 1. The minimum absolute atomic E-state index is 0.143. The second-order valence-electron chi connectivity index (χ2n) is 8.16. The van der Waals surface area contributed by atoms with Gasteiger partial charge in [0.05, 0.1) is 23.1 Å². The van der Waals surface area contributed by atoms with Gasteiger partial charge in [0.15, 0.2) is 0 Å².